The number of rotatable bonds is 7. The van der Waals surface area contributed by atoms with Crippen molar-refractivity contribution in [1.82, 2.24) is 9.97 Å². The average Bonchev–Trinajstić information content (AvgIpc) is 3.40. The van der Waals surface area contributed by atoms with E-state index in [2.05, 4.69) is 15.1 Å². The van der Waals surface area contributed by atoms with Crippen LogP contribution < -0.4 is 0 Å². The molecule has 5 nitrogen and oxygen atoms in total. The SMILES string of the molecule is Cc1ccc(-c2cc(C(=O)C[C@H](C)c3ccc(F)cn3)cc(C3=NOC(c4ccccn4)C3)c2)c(F)c1. The Balaban J connectivity index is 1.48. The zero-order chi connectivity index (χ0) is 25.9. The number of nitrogens with zero attached hydrogens (tertiary/aromatic N) is 3. The molecule has 2 aromatic heterocycles. The largest absolute Gasteiger partial charge is 0.385 e. The van der Waals surface area contributed by atoms with Gasteiger partial charge in [-0.3, -0.25) is 14.8 Å². The third kappa shape index (κ3) is 5.45. The lowest BCUT2D eigenvalue weighted by atomic mass is 9.91. The summed E-state index contributed by atoms with van der Waals surface area (Å²) in [5.74, 6) is -1.15. The van der Waals surface area contributed by atoms with Crippen LogP contribution in [0.1, 0.15) is 64.7 Å². The Morgan fingerprint density at radius 2 is 1.86 bits per heavy atom. The van der Waals surface area contributed by atoms with Crippen molar-refractivity contribution in [3.8, 4) is 11.1 Å². The zero-order valence-electron chi connectivity index (χ0n) is 20.5. The van der Waals surface area contributed by atoms with Gasteiger partial charge in [0.2, 0.25) is 0 Å². The maximum atomic E-state index is 14.9. The molecule has 0 saturated heterocycles. The van der Waals surface area contributed by atoms with E-state index in [1.165, 1.54) is 12.1 Å². The fourth-order valence-electron chi connectivity index (χ4n) is 4.42. The fourth-order valence-corrected chi connectivity index (χ4v) is 4.42. The molecule has 0 N–H and O–H groups in total. The summed E-state index contributed by atoms with van der Waals surface area (Å²) in [6, 6.07) is 18.8. The Morgan fingerprint density at radius 3 is 2.59 bits per heavy atom. The Labute approximate surface area is 213 Å². The molecule has 0 aliphatic carbocycles. The van der Waals surface area contributed by atoms with Gasteiger partial charge in [-0.15, -0.1) is 0 Å². The van der Waals surface area contributed by atoms with Gasteiger partial charge >= 0.3 is 0 Å². The van der Waals surface area contributed by atoms with Gasteiger partial charge in [-0.2, -0.15) is 0 Å². The van der Waals surface area contributed by atoms with Crippen LogP contribution in [0.3, 0.4) is 0 Å². The number of ketones is 1. The molecule has 1 aliphatic heterocycles. The van der Waals surface area contributed by atoms with E-state index in [1.54, 1.807) is 30.5 Å². The van der Waals surface area contributed by atoms with E-state index in [0.29, 0.717) is 40.1 Å². The molecule has 4 aromatic rings. The van der Waals surface area contributed by atoms with Crippen LogP contribution in [0.5, 0.6) is 0 Å². The lowest BCUT2D eigenvalue weighted by Gasteiger charge is -2.13. The molecule has 37 heavy (non-hydrogen) atoms. The predicted octanol–water partition coefficient (Wildman–Crippen LogP) is 6.97. The Morgan fingerprint density at radius 1 is 1.03 bits per heavy atom. The minimum atomic E-state index is -0.427. The van der Waals surface area contributed by atoms with Crippen LogP contribution in [0, 0.1) is 18.6 Å². The molecule has 0 spiro atoms. The number of halogens is 2. The predicted molar refractivity (Wildman–Crippen MR) is 137 cm³/mol. The molecular weight excluding hydrogens is 472 g/mol. The number of hydrogen-bond acceptors (Lipinski definition) is 5. The maximum Gasteiger partial charge on any atom is 0.174 e. The fraction of sp³-hybridized carbons (Fsp3) is 0.200. The summed E-state index contributed by atoms with van der Waals surface area (Å²) in [7, 11) is 0. The van der Waals surface area contributed by atoms with Crippen molar-refractivity contribution in [1.29, 1.82) is 0 Å². The van der Waals surface area contributed by atoms with Crippen LogP contribution in [-0.4, -0.2) is 21.5 Å². The topological polar surface area (TPSA) is 64.4 Å². The highest BCUT2D eigenvalue weighted by molar-refractivity contribution is 6.06. The minimum absolute atomic E-state index is 0.130. The molecule has 2 aromatic carbocycles. The molecule has 0 radical (unpaired) electrons. The molecule has 2 atom stereocenters. The maximum absolute atomic E-state index is 14.9. The Kier molecular flexibility index (Phi) is 6.86. The van der Waals surface area contributed by atoms with Crippen LogP contribution in [0.2, 0.25) is 0 Å². The molecule has 1 aliphatic rings. The second-order valence-electron chi connectivity index (χ2n) is 9.30. The minimum Gasteiger partial charge on any atom is -0.385 e. The van der Waals surface area contributed by atoms with Gasteiger partial charge in [-0.1, -0.05) is 30.3 Å². The number of hydrogen-bond donors (Lipinski definition) is 0. The first kappa shape index (κ1) is 24.4. The highest BCUT2D eigenvalue weighted by Crippen LogP contribution is 2.32. The van der Waals surface area contributed by atoms with Crippen molar-refractivity contribution in [2.24, 2.45) is 5.16 Å². The van der Waals surface area contributed by atoms with Crippen molar-refractivity contribution in [2.75, 3.05) is 0 Å². The van der Waals surface area contributed by atoms with Gasteiger partial charge in [-0.05, 0) is 66.6 Å². The number of aryl methyl sites for hydroxylation is 1. The van der Waals surface area contributed by atoms with Crippen molar-refractivity contribution < 1.29 is 18.4 Å². The van der Waals surface area contributed by atoms with Crippen LogP contribution in [-0.2, 0) is 4.84 Å². The number of Topliss-reactive ketones (excluding diaryl/α,β-unsaturated/α-hetero) is 1. The lowest BCUT2D eigenvalue weighted by Crippen LogP contribution is -2.09. The zero-order valence-corrected chi connectivity index (χ0v) is 20.5. The van der Waals surface area contributed by atoms with Gasteiger partial charge < -0.3 is 4.84 Å². The summed E-state index contributed by atoms with van der Waals surface area (Å²) >= 11 is 0. The van der Waals surface area contributed by atoms with E-state index < -0.39 is 5.82 Å². The quantitative estimate of drug-likeness (QED) is 0.259. The van der Waals surface area contributed by atoms with Crippen LogP contribution in [0.4, 0.5) is 8.78 Å². The number of aromatic nitrogens is 2. The number of benzene rings is 2. The summed E-state index contributed by atoms with van der Waals surface area (Å²) in [6.07, 6.45) is 3.15. The number of carbonyl (C=O) groups excluding carboxylic acids is 1. The summed E-state index contributed by atoms with van der Waals surface area (Å²) in [4.78, 5) is 27.5. The molecule has 1 unspecified atom stereocenters. The van der Waals surface area contributed by atoms with Gasteiger partial charge in [0.1, 0.15) is 11.6 Å². The first-order valence-electron chi connectivity index (χ1n) is 12.1. The molecule has 0 fully saturated rings. The normalized spacial score (nSPS) is 15.7. The van der Waals surface area contributed by atoms with Crippen LogP contribution in [0.25, 0.3) is 11.1 Å². The molecule has 0 amide bonds. The molecule has 3 heterocycles. The smallest absolute Gasteiger partial charge is 0.174 e. The summed E-state index contributed by atoms with van der Waals surface area (Å²) in [6.45, 7) is 3.69. The van der Waals surface area contributed by atoms with Gasteiger partial charge in [0.25, 0.3) is 0 Å². The average molecular weight is 498 g/mol. The molecular formula is C30H25F2N3O2. The third-order valence-corrected chi connectivity index (χ3v) is 6.46. The molecule has 186 valence electrons. The summed E-state index contributed by atoms with van der Waals surface area (Å²) in [5.41, 5.74) is 4.96. The van der Waals surface area contributed by atoms with Crippen molar-refractivity contribution in [3.05, 3.63) is 119 Å². The second-order valence-corrected chi connectivity index (χ2v) is 9.30. The second kappa shape index (κ2) is 10.4. The van der Waals surface area contributed by atoms with Gasteiger partial charge in [-0.25, -0.2) is 8.78 Å². The van der Waals surface area contributed by atoms with Crippen molar-refractivity contribution in [3.63, 3.8) is 0 Å². The van der Waals surface area contributed by atoms with Crippen molar-refractivity contribution >= 4 is 11.5 Å². The standard InChI is InChI=1S/C30H25F2N3O2/c1-18-6-8-24(25(32)11-18)20-13-21(28-16-30(37-35-28)27-5-3-4-10-33-27)15-22(14-20)29(36)12-19(2)26-9-7-23(31)17-34-26/h3-11,13-15,17,19,30H,12,16H2,1-2H3/t19-,30?/m0/s1. The first-order valence-corrected chi connectivity index (χ1v) is 12.1. The first-order chi connectivity index (χ1) is 17.9. The van der Waals surface area contributed by atoms with Crippen LogP contribution >= 0.6 is 0 Å². The number of carbonyl (C=O) groups is 1. The van der Waals surface area contributed by atoms with E-state index in [9.17, 15) is 13.6 Å². The van der Waals surface area contributed by atoms with E-state index >= 15 is 0 Å². The highest BCUT2D eigenvalue weighted by Gasteiger charge is 2.26. The molecule has 0 saturated carbocycles. The van der Waals surface area contributed by atoms with E-state index in [4.69, 9.17) is 4.84 Å². The van der Waals surface area contributed by atoms with E-state index in [0.717, 1.165) is 17.5 Å². The molecule has 7 heteroatoms. The van der Waals surface area contributed by atoms with Gasteiger partial charge in [0, 0.05) is 47.3 Å². The number of oxime groups is 1. The lowest BCUT2D eigenvalue weighted by molar-refractivity contribution is 0.0826. The summed E-state index contributed by atoms with van der Waals surface area (Å²) < 4.78 is 28.2. The summed E-state index contributed by atoms with van der Waals surface area (Å²) in [5, 5.41) is 4.28. The Hall–Kier alpha value is -4.26. The molecule has 5 rings (SSSR count). The monoisotopic (exact) mass is 497 g/mol. The molecule has 0 bridgehead atoms. The Bertz CT molecular complexity index is 1470. The van der Waals surface area contributed by atoms with Crippen LogP contribution in [0.15, 0.2) is 84.3 Å². The van der Waals surface area contributed by atoms with E-state index in [-0.39, 0.29) is 30.0 Å². The number of pyridine rings is 2. The van der Waals surface area contributed by atoms with Crippen molar-refractivity contribution in [2.45, 2.75) is 38.7 Å². The third-order valence-electron chi connectivity index (χ3n) is 6.46. The van der Waals surface area contributed by atoms with Gasteiger partial charge in [0.15, 0.2) is 11.9 Å². The van der Waals surface area contributed by atoms with Gasteiger partial charge in [0.05, 0.1) is 17.6 Å². The van der Waals surface area contributed by atoms with E-state index in [1.807, 2.05) is 44.2 Å². The highest BCUT2D eigenvalue weighted by atomic mass is 19.1.